The van der Waals surface area contributed by atoms with Crippen LogP contribution in [0.1, 0.15) is 24.1 Å². The molecular weight excluding hydrogens is 298 g/mol. The highest BCUT2D eigenvalue weighted by Crippen LogP contribution is 2.21. The van der Waals surface area contributed by atoms with Crippen molar-refractivity contribution in [2.75, 3.05) is 13.1 Å². The Morgan fingerprint density at radius 1 is 1.27 bits per heavy atom. The van der Waals surface area contributed by atoms with Crippen LogP contribution in [-0.2, 0) is 6.54 Å². The summed E-state index contributed by atoms with van der Waals surface area (Å²) in [6.07, 6.45) is 7.48. The summed E-state index contributed by atoms with van der Waals surface area (Å²) < 4.78 is 5.96. The first kappa shape index (κ1) is 15.3. The Hall–Kier alpha value is -1.65. The maximum atomic E-state index is 5.96. The van der Waals surface area contributed by atoms with Crippen molar-refractivity contribution in [2.24, 2.45) is 0 Å². The Balaban J connectivity index is 1.50. The van der Waals surface area contributed by atoms with Crippen LogP contribution in [0.25, 0.3) is 0 Å². The van der Waals surface area contributed by atoms with E-state index in [9.17, 15) is 0 Å². The molecule has 2 aromatic heterocycles. The van der Waals surface area contributed by atoms with E-state index in [0.29, 0.717) is 5.02 Å². The predicted molar refractivity (Wildman–Crippen MR) is 87.1 cm³/mol. The van der Waals surface area contributed by atoms with Crippen LogP contribution >= 0.6 is 11.6 Å². The van der Waals surface area contributed by atoms with Crippen LogP contribution in [0.5, 0.6) is 5.75 Å². The summed E-state index contributed by atoms with van der Waals surface area (Å²) in [4.78, 5) is 10.9. The zero-order valence-electron chi connectivity index (χ0n) is 12.7. The van der Waals surface area contributed by atoms with Crippen LogP contribution in [0.4, 0.5) is 0 Å². The van der Waals surface area contributed by atoms with Gasteiger partial charge in [0.15, 0.2) is 0 Å². The lowest BCUT2D eigenvalue weighted by Gasteiger charge is -2.31. The van der Waals surface area contributed by atoms with Gasteiger partial charge in [0.05, 0.1) is 16.9 Å². The third-order valence-corrected chi connectivity index (χ3v) is 4.08. The Kier molecular flexibility index (Phi) is 4.90. The van der Waals surface area contributed by atoms with E-state index in [2.05, 4.69) is 27.9 Å². The number of nitrogens with zero attached hydrogens (tertiary/aromatic N) is 3. The Morgan fingerprint density at radius 3 is 2.82 bits per heavy atom. The van der Waals surface area contributed by atoms with Crippen molar-refractivity contribution in [1.29, 1.82) is 0 Å². The summed E-state index contributed by atoms with van der Waals surface area (Å²) in [6.45, 7) is 5.06. The third kappa shape index (κ3) is 4.18. The molecule has 3 heterocycles. The molecule has 1 aliphatic heterocycles. The molecule has 4 nitrogen and oxygen atoms in total. The van der Waals surface area contributed by atoms with Gasteiger partial charge in [0, 0.05) is 38.1 Å². The third-order valence-electron chi connectivity index (χ3n) is 3.87. The number of piperidine rings is 1. The number of halogens is 1. The molecule has 116 valence electrons. The molecule has 0 unspecified atom stereocenters. The van der Waals surface area contributed by atoms with E-state index >= 15 is 0 Å². The average Bonchev–Trinajstić information content (AvgIpc) is 2.49. The second-order valence-electron chi connectivity index (χ2n) is 5.76. The summed E-state index contributed by atoms with van der Waals surface area (Å²) in [6, 6.07) is 6.00. The van der Waals surface area contributed by atoms with Crippen LogP contribution in [0.15, 0.2) is 36.8 Å². The van der Waals surface area contributed by atoms with Crippen LogP contribution in [-0.4, -0.2) is 34.1 Å². The second-order valence-corrected chi connectivity index (χ2v) is 6.19. The van der Waals surface area contributed by atoms with Crippen molar-refractivity contribution in [2.45, 2.75) is 32.4 Å². The van der Waals surface area contributed by atoms with Gasteiger partial charge in [-0.05, 0) is 37.5 Å². The molecule has 2 aromatic rings. The maximum Gasteiger partial charge on any atom is 0.139 e. The van der Waals surface area contributed by atoms with Crippen LogP contribution in [0.2, 0.25) is 5.02 Å². The topological polar surface area (TPSA) is 38.2 Å². The zero-order valence-corrected chi connectivity index (χ0v) is 13.5. The first-order valence-corrected chi connectivity index (χ1v) is 7.98. The van der Waals surface area contributed by atoms with Gasteiger partial charge in [-0.15, -0.1) is 0 Å². The van der Waals surface area contributed by atoms with Crippen molar-refractivity contribution < 1.29 is 4.74 Å². The van der Waals surface area contributed by atoms with Crippen molar-refractivity contribution in [1.82, 2.24) is 14.9 Å². The quantitative estimate of drug-likeness (QED) is 0.865. The zero-order chi connectivity index (χ0) is 15.4. The van der Waals surface area contributed by atoms with E-state index < -0.39 is 0 Å². The Morgan fingerprint density at radius 2 is 2.09 bits per heavy atom. The lowest BCUT2D eigenvalue weighted by molar-refractivity contribution is 0.0958. The van der Waals surface area contributed by atoms with E-state index in [-0.39, 0.29) is 6.10 Å². The van der Waals surface area contributed by atoms with Crippen molar-refractivity contribution in [3.8, 4) is 5.75 Å². The van der Waals surface area contributed by atoms with Gasteiger partial charge in [-0.2, -0.15) is 0 Å². The molecule has 0 aromatic carbocycles. The number of aromatic nitrogens is 2. The largest absolute Gasteiger partial charge is 0.489 e. The van der Waals surface area contributed by atoms with Gasteiger partial charge in [0.1, 0.15) is 11.9 Å². The number of aryl methyl sites for hydroxylation is 1. The van der Waals surface area contributed by atoms with Gasteiger partial charge < -0.3 is 4.74 Å². The molecule has 0 radical (unpaired) electrons. The molecule has 0 aliphatic carbocycles. The predicted octanol–water partition coefficient (Wildman–Crippen LogP) is 3.48. The van der Waals surface area contributed by atoms with E-state index in [1.54, 1.807) is 12.4 Å². The van der Waals surface area contributed by atoms with Gasteiger partial charge in [0.2, 0.25) is 0 Å². The molecule has 0 amide bonds. The molecule has 5 heteroatoms. The van der Waals surface area contributed by atoms with E-state index in [0.717, 1.165) is 43.9 Å². The molecule has 1 aliphatic rings. The maximum absolute atomic E-state index is 5.96. The molecule has 3 rings (SSSR count). The summed E-state index contributed by atoms with van der Waals surface area (Å²) in [5.74, 6) is 0.756. The van der Waals surface area contributed by atoms with Crippen molar-refractivity contribution in [3.05, 3.63) is 53.1 Å². The summed E-state index contributed by atoms with van der Waals surface area (Å²) in [7, 11) is 0. The Bertz CT molecular complexity index is 571. The summed E-state index contributed by atoms with van der Waals surface area (Å²) in [5.41, 5.74) is 2.40. The number of ether oxygens (including phenoxy) is 1. The molecular formula is C17H20ClN3O. The second kappa shape index (κ2) is 7.07. The highest BCUT2D eigenvalue weighted by molar-refractivity contribution is 6.30. The molecule has 0 atom stereocenters. The standard InChI is InChI=1S/C17H20ClN3O/c1-13-2-5-20-15(8-13)12-21-6-3-16(4-7-21)22-17-9-14(18)10-19-11-17/h2,5,8-11,16H,3-4,6-7,12H2,1H3. The number of pyridine rings is 2. The lowest BCUT2D eigenvalue weighted by Crippen LogP contribution is -2.38. The monoisotopic (exact) mass is 317 g/mol. The van der Waals surface area contributed by atoms with E-state index in [1.807, 2.05) is 18.3 Å². The molecule has 1 saturated heterocycles. The van der Waals surface area contributed by atoms with E-state index in [4.69, 9.17) is 16.3 Å². The van der Waals surface area contributed by atoms with Gasteiger partial charge in [0.25, 0.3) is 0 Å². The smallest absolute Gasteiger partial charge is 0.139 e. The molecule has 0 spiro atoms. The minimum absolute atomic E-state index is 0.238. The number of hydrogen-bond donors (Lipinski definition) is 0. The first-order chi connectivity index (χ1) is 10.7. The first-order valence-electron chi connectivity index (χ1n) is 7.60. The SMILES string of the molecule is Cc1ccnc(CN2CCC(Oc3cncc(Cl)c3)CC2)c1. The number of rotatable bonds is 4. The number of likely N-dealkylation sites (tertiary alicyclic amines) is 1. The molecule has 1 fully saturated rings. The van der Waals surface area contributed by atoms with Gasteiger partial charge >= 0.3 is 0 Å². The minimum atomic E-state index is 0.238. The highest BCUT2D eigenvalue weighted by Gasteiger charge is 2.21. The van der Waals surface area contributed by atoms with Crippen molar-refractivity contribution >= 4 is 11.6 Å². The van der Waals surface area contributed by atoms with Crippen LogP contribution < -0.4 is 4.74 Å². The fourth-order valence-electron chi connectivity index (χ4n) is 2.75. The van der Waals surface area contributed by atoms with Crippen molar-refractivity contribution in [3.63, 3.8) is 0 Å². The van der Waals surface area contributed by atoms with E-state index in [1.165, 1.54) is 5.56 Å². The minimum Gasteiger partial charge on any atom is -0.489 e. The van der Waals surface area contributed by atoms with Gasteiger partial charge in [-0.25, -0.2) is 0 Å². The summed E-state index contributed by atoms with van der Waals surface area (Å²) in [5, 5.41) is 0.612. The fraction of sp³-hybridized carbons (Fsp3) is 0.412. The number of hydrogen-bond acceptors (Lipinski definition) is 4. The van der Waals surface area contributed by atoms with Gasteiger partial charge in [-0.3, -0.25) is 14.9 Å². The Labute approximate surface area is 136 Å². The molecule has 0 saturated carbocycles. The lowest BCUT2D eigenvalue weighted by atomic mass is 10.1. The van der Waals surface area contributed by atoms with Crippen LogP contribution in [0, 0.1) is 6.92 Å². The fourth-order valence-corrected chi connectivity index (χ4v) is 2.91. The average molecular weight is 318 g/mol. The highest BCUT2D eigenvalue weighted by atomic mass is 35.5. The van der Waals surface area contributed by atoms with Gasteiger partial charge in [-0.1, -0.05) is 11.6 Å². The molecule has 22 heavy (non-hydrogen) atoms. The van der Waals surface area contributed by atoms with Crippen LogP contribution in [0.3, 0.4) is 0 Å². The molecule has 0 N–H and O–H groups in total. The molecule has 0 bridgehead atoms. The normalized spacial score (nSPS) is 16.6. The summed E-state index contributed by atoms with van der Waals surface area (Å²) >= 11 is 5.93.